The summed E-state index contributed by atoms with van der Waals surface area (Å²) in [7, 11) is 3.53. The molecule has 5 heteroatoms. The predicted octanol–water partition coefficient (Wildman–Crippen LogP) is 1.49. The Balaban J connectivity index is 2.22. The second-order valence-electron chi connectivity index (χ2n) is 5.06. The van der Waals surface area contributed by atoms with Gasteiger partial charge in [-0.25, -0.2) is 4.79 Å². The number of carbonyl (C=O) groups is 2. The summed E-state index contributed by atoms with van der Waals surface area (Å²) in [5, 5.41) is 8.52. The number of carbonyl (C=O) groups excluding carboxylic acids is 1. The van der Waals surface area contributed by atoms with Crippen LogP contribution in [-0.2, 0) is 4.79 Å². The SMILES string of the molecule is CC1CC1CN(C)C(=O)N(C)CCCC(=O)O. The highest BCUT2D eigenvalue weighted by Crippen LogP contribution is 2.38. The Morgan fingerprint density at radius 1 is 1.29 bits per heavy atom. The van der Waals surface area contributed by atoms with Crippen LogP contribution in [0.25, 0.3) is 0 Å². The lowest BCUT2D eigenvalue weighted by atomic mass is 10.3. The van der Waals surface area contributed by atoms with Gasteiger partial charge in [-0.3, -0.25) is 4.79 Å². The van der Waals surface area contributed by atoms with E-state index in [4.69, 9.17) is 5.11 Å². The van der Waals surface area contributed by atoms with Crippen molar-refractivity contribution in [3.8, 4) is 0 Å². The van der Waals surface area contributed by atoms with E-state index in [-0.39, 0.29) is 12.5 Å². The molecule has 1 fully saturated rings. The van der Waals surface area contributed by atoms with Gasteiger partial charge in [-0.15, -0.1) is 0 Å². The highest BCUT2D eigenvalue weighted by Gasteiger charge is 2.34. The maximum absolute atomic E-state index is 11.9. The zero-order valence-electron chi connectivity index (χ0n) is 10.8. The minimum Gasteiger partial charge on any atom is -0.481 e. The van der Waals surface area contributed by atoms with Crippen LogP contribution in [0.2, 0.25) is 0 Å². The van der Waals surface area contributed by atoms with E-state index < -0.39 is 5.97 Å². The normalized spacial score (nSPS) is 22.1. The fourth-order valence-electron chi connectivity index (χ4n) is 1.94. The summed E-state index contributed by atoms with van der Waals surface area (Å²) in [4.78, 5) is 25.6. The number of nitrogens with zero attached hydrogens (tertiary/aromatic N) is 2. The molecule has 1 aliphatic carbocycles. The molecule has 17 heavy (non-hydrogen) atoms. The molecular formula is C12H22N2O3. The molecule has 5 nitrogen and oxygen atoms in total. The summed E-state index contributed by atoms with van der Waals surface area (Å²) in [5.74, 6) is 0.574. The van der Waals surface area contributed by atoms with Crippen LogP contribution < -0.4 is 0 Å². The standard InChI is InChI=1S/C12H22N2O3/c1-9-7-10(9)8-14(3)12(17)13(2)6-4-5-11(15)16/h9-10H,4-8H2,1-3H3,(H,15,16). The minimum atomic E-state index is -0.814. The van der Waals surface area contributed by atoms with E-state index in [9.17, 15) is 9.59 Å². The van der Waals surface area contributed by atoms with Crippen molar-refractivity contribution in [1.29, 1.82) is 0 Å². The quantitative estimate of drug-likeness (QED) is 0.767. The fraction of sp³-hybridized carbons (Fsp3) is 0.833. The summed E-state index contributed by atoms with van der Waals surface area (Å²) in [5.41, 5.74) is 0. The summed E-state index contributed by atoms with van der Waals surface area (Å²) >= 11 is 0. The van der Waals surface area contributed by atoms with E-state index in [1.165, 1.54) is 6.42 Å². The van der Waals surface area contributed by atoms with Crippen molar-refractivity contribution < 1.29 is 14.7 Å². The first kappa shape index (κ1) is 13.8. The van der Waals surface area contributed by atoms with Crippen molar-refractivity contribution in [2.24, 2.45) is 11.8 Å². The molecule has 0 aromatic carbocycles. The lowest BCUT2D eigenvalue weighted by molar-refractivity contribution is -0.137. The van der Waals surface area contributed by atoms with E-state index in [1.54, 1.807) is 23.9 Å². The lowest BCUT2D eigenvalue weighted by Crippen LogP contribution is -2.40. The van der Waals surface area contributed by atoms with E-state index in [0.717, 1.165) is 12.5 Å². The van der Waals surface area contributed by atoms with Gasteiger partial charge in [0.1, 0.15) is 0 Å². The van der Waals surface area contributed by atoms with Crippen LogP contribution >= 0.6 is 0 Å². The maximum atomic E-state index is 11.9. The molecule has 0 aliphatic heterocycles. The number of amides is 2. The van der Waals surface area contributed by atoms with Gasteiger partial charge in [0, 0.05) is 33.6 Å². The van der Waals surface area contributed by atoms with Crippen LogP contribution in [-0.4, -0.2) is 54.1 Å². The highest BCUT2D eigenvalue weighted by molar-refractivity contribution is 5.74. The molecule has 1 saturated carbocycles. The van der Waals surface area contributed by atoms with E-state index in [2.05, 4.69) is 6.92 Å². The van der Waals surface area contributed by atoms with Crippen LogP contribution in [0.4, 0.5) is 4.79 Å². The van der Waals surface area contributed by atoms with Crippen LogP contribution in [0.3, 0.4) is 0 Å². The highest BCUT2D eigenvalue weighted by atomic mass is 16.4. The molecule has 1 N–H and O–H groups in total. The molecule has 2 amide bonds. The first-order chi connectivity index (χ1) is 7.91. The Bertz CT molecular complexity index is 293. The average Bonchev–Trinajstić information content (AvgIpc) is 2.92. The van der Waals surface area contributed by atoms with Gasteiger partial charge in [-0.1, -0.05) is 6.92 Å². The second-order valence-corrected chi connectivity index (χ2v) is 5.06. The van der Waals surface area contributed by atoms with Crippen molar-refractivity contribution in [3.05, 3.63) is 0 Å². The molecule has 0 radical (unpaired) electrons. The summed E-state index contributed by atoms with van der Waals surface area (Å²) in [6.45, 7) is 3.50. The molecular weight excluding hydrogens is 220 g/mol. The number of hydrogen-bond acceptors (Lipinski definition) is 2. The number of hydrogen-bond donors (Lipinski definition) is 1. The zero-order valence-corrected chi connectivity index (χ0v) is 10.8. The molecule has 0 heterocycles. The number of carboxylic acids is 1. The van der Waals surface area contributed by atoms with Gasteiger partial charge in [0.2, 0.25) is 0 Å². The van der Waals surface area contributed by atoms with Gasteiger partial charge in [0.15, 0.2) is 0 Å². The molecule has 1 rings (SSSR count). The van der Waals surface area contributed by atoms with Gasteiger partial charge in [0.05, 0.1) is 0 Å². The summed E-state index contributed by atoms with van der Waals surface area (Å²) in [6.07, 6.45) is 1.83. The minimum absolute atomic E-state index is 0.0190. The van der Waals surface area contributed by atoms with Crippen molar-refractivity contribution in [3.63, 3.8) is 0 Å². The molecule has 0 bridgehead atoms. The van der Waals surface area contributed by atoms with Gasteiger partial charge in [-0.05, 0) is 24.7 Å². The Kier molecular flexibility index (Phi) is 4.78. The summed E-state index contributed by atoms with van der Waals surface area (Å²) < 4.78 is 0. The Morgan fingerprint density at radius 3 is 2.35 bits per heavy atom. The predicted molar refractivity (Wildman–Crippen MR) is 64.8 cm³/mol. The van der Waals surface area contributed by atoms with Crippen molar-refractivity contribution in [2.75, 3.05) is 27.2 Å². The molecule has 0 saturated heterocycles. The van der Waals surface area contributed by atoms with Crippen molar-refractivity contribution >= 4 is 12.0 Å². The largest absolute Gasteiger partial charge is 0.481 e. The number of carboxylic acid groups (broad SMARTS) is 1. The van der Waals surface area contributed by atoms with Crippen molar-refractivity contribution in [2.45, 2.75) is 26.2 Å². The van der Waals surface area contributed by atoms with E-state index in [1.807, 2.05) is 0 Å². The Hall–Kier alpha value is -1.26. The molecule has 2 atom stereocenters. The second kappa shape index (κ2) is 5.89. The van der Waals surface area contributed by atoms with Gasteiger partial charge >= 0.3 is 12.0 Å². The smallest absolute Gasteiger partial charge is 0.319 e. The summed E-state index contributed by atoms with van der Waals surface area (Å²) in [6, 6.07) is -0.0190. The first-order valence-corrected chi connectivity index (χ1v) is 6.09. The monoisotopic (exact) mass is 242 g/mol. The molecule has 0 aromatic heterocycles. The molecule has 0 spiro atoms. The molecule has 2 unspecified atom stereocenters. The lowest BCUT2D eigenvalue weighted by Gasteiger charge is -2.24. The van der Waals surface area contributed by atoms with Crippen LogP contribution in [0.1, 0.15) is 26.2 Å². The third kappa shape index (κ3) is 4.63. The van der Waals surface area contributed by atoms with Crippen LogP contribution in [0.15, 0.2) is 0 Å². The third-order valence-corrected chi connectivity index (χ3v) is 3.32. The third-order valence-electron chi connectivity index (χ3n) is 3.32. The Labute approximate surface area is 102 Å². The van der Waals surface area contributed by atoms with E-state index in [0.29, 0.717) is 18.9 Å². The first-order valence-electron chi connectivity index (χ1n) is 6.09. The topological polar surface area (TPSA) is 60.9 Å². The van der Waals surface area contributed by atoms with Gasteiger partial charge in [-0.2, -0.15) is 0 Å². The van der Waals surface area contributed by atoms with Gasteiger partial charge < -0.3 is 14.9 Å². The fourth-order valence-corrected chi connectivity index (χ4v) is 1.94. The number of aliphatic carboxylic acids is 1. The van der Waals surface area contributed by atoms with Crippen LogP contribution in [0.5, 0.6) is 0 Å². The maximum Gasteiger partial charge on any atom is 0.319 e. The van der Waals surface area contributed by atoms with Crippen molar-refractivity contribution in [1.82, 2.24) is 9.80 Å². The van der Waals surface area contributed by atoms with Gasteiger partial charge in [0.25, 0.3) is 0 Å². The Morgan fingerprint density at radius 2 is 1.88 bits per heavy atom. The molecule has 0 aromatic rings. The molecule has 98 valence electrons. The number of rotatable bonds is 6. The zero-order chi connectivity index (χ0) is 13.0. The average molecular weight is 242 g/mol. The van der Waals surface area contributed by atoms with E-state index >= 15 is 0 Å². The molecule has 1 aliphatic rings. The number of urea groups is 1. The van der Waals surface area contributed by atoms with Crippen LogP contribution in [0, 0.1) is 11.8 Å².